The lowest BCUT2D eigenvalue weighted by Gasteiger charge is -2.13. The van der Waals surface area contributed by atoms with Gasteiger partial charge in [-0.15, -0.1) is 0 Å². The Morgan fingerprint density at radius 2 is 1.89 bits per heavy atom. The fraction of sp³-hybridized carbons (Fsp3) is 0.231. The molecule has 0 saturated carbocycles. The topological polar surface area (TPSA) is 99.9 Å². The number of hydrogen-bond acceptors (Lipinski definition) is 4. The summed E-state index contributed by atoms with van der Waals surface area (Å²) in [6.45, 7) is 2.13. The van der Waals surface area contributed by atoms with E-state index in [4.69, 9.17) is 5.11 Å². The van der Waals surface area contributed by atoms with Gasteiger partial charge in [-0.3, -0.25) is 9.98 Å². The van der Waals surface area contributed by atoms with Gasteiger partial charge in [0.2, 0.25) is 0 Å². The maximum Gasteiger partial charge on any atom is 0.337 e. The first-order valence-electron chi connectivity index (χ1n) is 5.68. The second kappa shape index (κ2) is 5.01. The summed E-state index contributed by atoms with van der Waals surface area (Å²) in [7, 11) is 0. The normalized spacial score (nSPS) is 14.1. The third-order valence-electron chi connectivity index (χ3n) is 2.87. The number of pyridine rings is 1. The molecular formula is C13H12N2O4. The molecule has 2 N–H and O–H groups in total. The van der Waals surface area contributed by atoms with E-state index in [1.165, 1.54) is 0 Å². The second-order valence-corrected chi connectivity index (χ2v) is 4.12. The number of rotatable bonds is 3. The molecule has 98 valence electrons. The van der Waals surface area contributed by atoms with E-state index in [1.807, 2.05) is 0 Å². The molecule has 0 amide bonds. The Morgan fingerprint density at radius 1 is 1.21 bits per heavy atom. The maximum atomic E-state index is 11.3. The van der Waals surface area contributed by atoms with E-state index < -0.39 is 11.9 Å². The SMILES string of the molecule is Cc1nc(C2=CC=NCC2)c(C(=O)O)cc1C(=O)O. The third-order valence-corrected chi connectivity index (χ3v) is 2.87. The molecule has 1 aliphatic rings. The van der Waals surface area contributed by atoms with Crippen LogP contribution in [0.4, 0.5) is 0 Å². The van der Waals surface area contributed by atoms with Crippen LogP contribution >= 0.6 is 0 Å². The van der Waals surface area contributed by atoms with Gasteiger partial charge < -0.3 is 10.2 Å². The van der Waals surface area contributed by atoms with Crippen molar-refractivity contribution in [1.82, 2.24) is 4.98 Å². The van der Waals surface area contributed by atoms with E-state index in [9.17, 15) is 14.7 Å². The standard InChI is InChI=1S/C13H12N2O4/c1-7-9(12(16)17)6-10(13(18)19)11(15-7)8-2-4-14-5-3-8/h2,4,6H,3,5H2,1H3,(H,16,17)(H,18,19). The number of aromatic carboxylic acids is 2. The minimum atomic E-state index is -1.19. The predicted molar refractivity (Wildman–Crippen MR) is 68.8 cm³/mol. The lowest BCUT2D eigenvalue weighted by molar-refractivity contribution is 0.0695. The number of hydrogen-bond donors (Lipinski definition) is 2. The van der Waals surface area contributed by atoms with Crippen LogP contribution in [-0.2, 0) is 0 Å². The summed E-state index contributed by atoms with van der Waals surface area (Å²) in [6, 6.07) is 1.16. The van der Waals surface area contributed by atoms with Crippen molar-refractivity contribution in [2.24, 2.45) is 4.99 Å². The smallest absolute Gasteiger partial charge is 0.337 e. The van der Waals surface area contributed by atoms with Crippen LogP contribution in [0.1, 0.15) is 38.5 Å². The highest BCUT2D eigenvalue weighted by Crippen LogP contribution is 2.24. The molecule has 6 nitrogen and oxygen atoms in total. The minimum Gasteiger partial charge on any atom is -0.478 e. The fourth-order valence-electron chi connectivity index (χ4n) is 1.91. The number of carboxylic acids is 2. The quantitative estimate of drug-likeness (QED) is 0.860. The van der Waals surface area contributed by atoms with Crippen molar-refractivity contribution in [1.29, 1.82) is 0 Å². The number of dihydropyridines is 1. The molecule has 0 saturated heterocycles. The number of aryl methyl sites for hydroxylation is 1. The minimum absolute atomic E-state index is 0.0915. The third kappa shape index (κ3) is 2.52. The summed E-state index contributed by atoms with van der Waals surface area (Å²) >= 11 is 0. The highest BCUT2D eigenvalue weighted by molar-refractivity contribution is 5.99. The van der Waals surface area contributed by atoms with Crippen LogP contribution in [0.25, 0.3) is 5.57 Å². The molecule has 0 bridgehead atoms. The Kier molecular flexibility index (Phi) is 3.41. The zero-order valence-corrected chi connectivity index (χ0v) is 10.3. The van der Waals surface area contributed by atoms with Gasteiger partial charge in [0.15, 0.2) is 0 Å². The van der Waals surface area contributed by atoms with E-state index in [2.05, 4.69) is 9.98 Å². The summed E-state index contributed by atoms with van der Waals surface area (Å²) in [5, 5.41) is 18.2. The van der Waals surface area contributed by atoms with Gasteiger partial charge in [0.1, 0.15) is 0 Å². The highest BCUT2D eigenvalue weighted by atomic mass is 16.4. The zero-order chi connectivity index (χ0) is 14.0. The lowest BCUT2D eigenvalue weighted by Crippen LogP contribution is -2.12. The van der Waals surface area contributed by atoms with E-state index in [-0.39, 0.29) is 11.1 Å². The van der Waals surface area contributed by atoms with Crippen LogP contribution in [0.5, 0.6) is 0 Å². The Morgan fingerprint density at radius 3 is 2.42 bits per heavy atom. The molecule has 1 aromatic heterocycles. The van der Waals surface area contributed by atoms with Gasteiger partial charge in [-0.1, -0.05) is 0 Å². The van der Waals surface area contributed by atoms with Crippen molar-refractivity contribution in [2.75, 3.05) is 6.54 Å². The van der Waals surface area contributed by atoms with Crippen molar-refractivity contribution >= 4 is 23.7 Å². The molecule has 0 spiro atoms. The van der Waals surface area contributed by atoms with Gasteiger partial charge in [0.05, 0.1) is 22.5 Å². The Balaban J connectivity index is 2.63. The molecule has 6 heteroatoms. The molecule has 1 aliphatic heterocycles. The molecule has 1 aromatic rings. The number of nitrogens with zero attached hydrogens (tertiary/aromatic N) is 2. The van der Waals surface area contributed by atoms with Crippen LogP contribution in [0.3, 0.4) is 0 Å². The van der Waals surface area contributed by atoms with E-state index >= 15 is 0 Å². The fourth-order valence-corrected chi connectivity index (χ4v) is 1.91. The molecule has 0 aliphatic carbocycles. The second-order valence-electron chi connectivity index (χ2n) is 4.12. The van der Waals surface area contributed by atoms with E-state index in [0.29, 0.717) is 24.4 Å². The van der Waals surface area contributed by atoms with Crippen LogP contribution in [0.15, 0.2) is 17.1 Å². The molecule has 0 aromatic carbocycles. The first-order valence-corrected chi connectivity index (χ1v) is 5.68. The molecule has 19 heavy (non-hydrogen) atoms. The summed E-state index contributed by atoms with van der Waals surface area (Å²) < 4.78 is 0. The highest BCUT2D eigenvalue weighted by Gasteiger charge is 2.20. The van der Waals surface area contributed by atoms with Gasteiger partial charge in [-0.2, -0.15) is 0 Å². The summed E-state index contributed by atoms with van der Waals surface area (Å²) in [5.41, 5.74) is 1.19. The van der Waals surface area contributed by atoms with Crippen molar-refractivity contribution < 1.29 is 19.8 Å². The van der Waals surface area contributed by atoms with Crippen LogP contribution < -0.4 is 0 Å². The number of carbonyl (C=O) groups is 2. The number of aromatic nitrogens is 1. The first-order chi connectivity index (χ1) is 9.00. The van der Waals surface area contributed by atoms with Crippen LogP contribution in [-0.4, -0.2) is 39.9 Å². The van der Waals surface area contributed by atoms with Gasteiger partial charge >= 0.3 is 11.9 Å². The molecule has 0 atom stereocenters. The molecule has 0 unspecified atom stereocenters. The number of allylic oxidation sites excluding steroid dienone is 1. The molecule has 2 rings (SSSR count). The first kappa shape index (κ1) is 12.9. The summed E-state index contributed by atoms with van der Waals surface area (Å²) in [4.78, 5) is 30.4. The monoisotopic (exact) mass is 260 g/mol. The average molecular weight is 260 g/mol. The predicted octanol–water partition coefficient (Wildman–Crippen LogP) is 1.64. The molecule has 0 radical (unpaired) electrons. The van der Waals surface area contributed by atoms with Gasteiger partial charge in [0.25, 0.3) is 0 Å². The van der Waals surface area contributed by atoms with Gasteiger partial charge in [0, 0.05) is 12.8 Å². The Labute approximate surface area is 109 Å². The molecule has 0 fully saturated rings. The zero-order valence-electron chi connectivity index (χ0n) is 10.3. The van der Waals surface area contributed by atoms with Crippen molar-refractivity contribution in [3.8, 4) is 0 Å². The van der Waals surface area contributed by atoms with E-state index in [1.54, 1.807) is 19.2 Å². The van der Waals surface area contributed by atoms with Crippen molar-refractivity contribution in [3.63, 3.8) is 0 Å². The summed E-state index contributed by atoms with van der Waals surface area (Å²) in [6.07, 6.45) is 3.90. The average Bonchev–Trinajstić information content (AvgIpc) is 2.38. The maximum absolute atomic E-state index is 11.3. The summed E-state index contributed by atoms with van der Waals surface area (Å²) in [5.74, 6) is -2.37. The molecular weight excluding hydrogens is 248 g/mol. The number of carboxylic acid groups (broad SMARTS) is 2. The largest absolute Gasteiger partial charge is 0.478 e. The molecule has 2 heterocycles. The van der Waals surface area contributed by atoms with Gasteiger partial charge in [-0.25, -0.2) is 9.59 Å². The van der Waals surface area contributed by atoms with Crippen molar-refractivity contribution in [3.05, 3.63) is 34.7 Å². The van der Waals surface area contributed by atoms with Crippen LogP contribution in [0.2, 0.25) is 0 Å². The lowest BCUT2D eigenvalue weighted by atomic mass is 9.99. The number of aliphatic imine (C=N–C) groups is 1. The van der Waals surface area contributed by atoms with E-state index in [0.717, 1.165) is 11.6 Å². The van der Waals surface area contributed by atoms with Crippen LogP contribution in [0, 0.1) is 6.92 Å². The van der Waals surface area contributed by atoms with Gasteiger partial charge in [-0.05, 0) is 31.1 Å². The Bertz CT molecular complexity index is 617. The van der Waals surface area contributed by atoms with Crippen molar-refractivity contribution in [2.45, 2.75) is 13.3 Å². The Hall–Kier alpha value is -2.50.